The van der Waals surface area contributed by atoms with Crippen molar-refractivity contribution in [2.24, 2.45) is 5.73 Å². The van der Waals surface area contributed by atoms with E-state index in [1.165, 1.54) is 18.2 Å². The highest BCUT2D eigenvalue weighted by atomic mass is 79.9. The third kappa shape index (κ3) is 5.02. The lowest BCUT2D eigenvalue weighted by Gasteiger charge is -2.09. The number of rotatable bonds is 6. The largest absolute Gasteiger partial charge is 0.462 e. The number of ether oxygens (including phenoxy) is 1. The molecule has 0 aliphatic heterocycles. The highest BCUT2D eigenvalue weighted by molar-refractivity contribution is 9.10. The van der Waals surface area contributed by atoms with Crippen LogP contribution in [0.25, 0.3) is 0 Å². The summed E-state index contributed by atoms with van der Waals surface area (Å²) in [7, 11) is -3.64. The van der Waals surface area contributed by atoms with Crippen molar-refractivity contribution in [3.63, 3.8) is 0 Å². The van der Waals surface area contributed by atoms with Gasteiger partial charge in [-0.1, -0.05) is 0 Å². The standard InChI is InChI=1S/C11H15BrN2O4S.ClH/c1-2-18-11(15)8-3-4-10(9(12)7-8)19(16,17)14-6-5-13;/h3-4,7,14H,2,5-6,13H2,1H3;1H. The summed E-state index contributed by atoms with van der Waals surface area (Å²) < 4.78 is 31.3. The molecule has 6 nitrogen and oxygen atoms in total. The van der Waals surface area contributed by atoms with E-state index in [9.17, 15) is 13.2 Å². The van der Waals surface area contributed by atoms with Crippen molar-refractivity contribution in [1.82, 2.24) is 4.72 Å². The summed E-state index contributed by atoms with van der Waals surface area (Å²) in [4.78, 5) is 11.6. The first-order valence-electron chi connectivity index (χ1n) is 5.58. The van der Waals surface area contributed by atoms with Gasteiger partial charge in [0.25, 0.3) is 0 Å². The Morgan fingerprint density at radius 3 is 2.60 bits per heavy atom. The minimum Gasteiger partial charge on any atom is -0.462 e. The summed E-state index contributed by atoms with van der Waals surface area (Å²) in [5.41, 5.74) is 5.53. The number of sulfonamides is 1. The highest BCUT2D eigenvalue weighted by Crippen LogP contribution is 2.23. The highest BCUT2D eigenvalue weighted by Gasteiger charge is 2.18. The quantitative estimate of drug-likeness (QED) is 0.717. The van der Waals surface area contributed by atoms with E-state index in [0.29, 0.717) is 4.47 Å². The van der Waals surface area contributed by atoms with E-state index in [1.54, 1.807) is 6.92 Å². The molecule has 1 rings (SSSR count). The molecule has 1 aromatic rings. The maximum absolute atomic E-state index is 11.9. The fourth-order valence-corrected chi connectivity index (χ4v) is 3.45. The van der Waals surface area contributed by atoms with Crippen molar-refractivity contribution in [3.05, 3.63) is 28.2 Å². The average molecular weight is 388 g/mol. The predicted molar refractivity (Wildman–Crippen MR) is 81.6 cm³/mol. The molecule has 0 saturated heterocycles. The fourth-order valence-electron chi connectivity index (χ4n) is 1.33. The second kappa shape index (κ2) is 8.58. The second-order valence-electron chi connectivity index (χ2n) is 3.55. The van der Waals surface area contributed by atoms with Crippen molar-refractivity contribution in [1.29, 1.82) is 0 Å². The molecule has 0 aliphatic carbocycles. The lowest BCUT2D eigenvalue weighted by atomic mass is 10.2. The van der Waals surface area contributed by atoms with Crippen LogP contribution in [0, 0.1) is 0 Å². The van der Waals surface area contributed by atoms with Gasteiger partial charge in [-0.15, -0.1) is 12.4 Å². The van der Waals surface area contributed by atoms with E-state index in [1.807, 2.05) is 0 Å². The number of benzene rings is 1. The van der Waals surface area contributed by atoms with E-state index < -0.39 is 16.0 Å². The SMILES string of the molecule is CCOC(=O)c1ccc(S(=O)(=O)NCCN)c(Br)c1.Cl. The van der Waals surface area contributed by atoms with Crippen LogP contribution < -0.4 is 10.5 Å². The van der Waals surface area contributed by atoms with Gasteiger partial charge in [0.15, 0.2) is 0 Å². The van der Waals surface area contributed by atoms with Gasteiger partial charge in [0.2, 0.25) is 10.0 Å². The maximum atomic E-state index is 11.9. The van der Waals surface area contributed by atoms with Gasteiger partial charge in [0.05, 0.1) is 17.1 Å². The van der Waals surface area contributed by atoms with Gasteiger partial charge in [-0.2, -0.15) is 0 Å². The molecule has 0 aliphatic rings. The number of hydrogen-bond donors (Lipinski definition) is 2. The molecule has 20 heavy (non-hydrogen) atoms. The molecule has 0 radical (unpaired) electrons. The van der Waals surface area contributed by atoms with Crippen molar-refractivity contribution < 1.29 is 17.9 Å². The summed E-state index contributed by atoms with van der Waals surface area (Å²) in [6.45, 7) is 2.31. The van der Waals surface area contributed by atoms with E-state index in [4.69, 9.17) is 10.5 Å². The molecular weight excluding hydrogens is 372 g/mol. The molecule has 0 heterocycles. The van der Waals surface area contributed by atoms with Gasteiger partial charge in [-0.05, 0) is 41.1 Å². The van der Waals surface area contributed by atoms with Gasteiger partial charge in [-0.25, -0.2) is 17.9 Å². The summed E-state index contributed by atoms with van der Waals surface area (Å²) in [6.07, 6.45) is 0. The number of nitrogens with two attached hydrogens (primary N) is 1. The van der Waals surface area contributed by atoms with Gasteiger partial charge in [0.1, 0.15) is 0 Å². The number of halogens is 2. The zero-order chi connectivity index (χ0) is 14.5. The molecule has 1 aromatic carbocycles. The van der Waals surface area contributed by atoms with Crippen LogP contribution in [0.2, 0.25) is 0 Å². The monoisotopic (exact) mass is 386 g/mol. The molecule has 0 amide bonds. The van der Waals surface area contributed by atoms with Gasteiger partial charge < -0.3 is 10.5 Å². The third-order valence-electron chi connectivity index (χ3n) is 2.17. The van der Waals surface area contributed by atoms with Crippen LogP contribution in [0.3, 0.4) is 0 Å². The first-order chi connectivity index (χ1) is 8.92. The van der Waals surface area contributed by atoms with E-state index in [-0.39, 0.29) is 42.6 Å². The Hall–Kier alpha value is -0.670. The number of carbonyl (C=O) groups is 1. The van der Waals surface area contributed by atoms with Crippen molar-refractivity contribution >= 4 is 44.3 Å². The molecule has 0 unspecified atom stereocenters. The van der Waals surface area contributed by atoms with Crippen molar-refractivity contribution in [3.8, 4) is 0 Å². The number of hydrogen-bond acceptors (Lipinski definition) is 5. The van der Waals surface area contributed by atoms with Crippen LogP contribution in [0.5, 0.6) is 0 Å². The van der Waals surface area contributed by atoms with Gasteiger partial charge in [0, 0.05) is 17.6 Å². The van der Waals surface area contributed by atoms with Crippen molar-refractivity contribution in [2.75, 3.05) is 19.7 Å². The number of nitrogens with one attached hydrogen (secondary N) is 1. The second-order valence-corrected chi connectivity index (χ2v) is 6.14. The fraction of sp³-hybridized carbons (Fsp3) is 0.364. The normalized spacial score (nSPS) is 10.8. The number of esters is 1. The Labute approximate surface area is 132 Å². The van der Waals surface area contributed by atoms with Crippen LogP contribution in [0.1, 0.15) is 17.3 Å². The Bertz CT molecular complexity index is 566. The Balaban J connectivity index is 0.00000361. The first kappa shape index (κ1) is 19.3. The van der Waals surface area contributed by atoms with E-state index in [0.717, 1.165) is 0 Å². The van der Waals surface area contributed by atoms with Crippen LogP contribution >= 0.6 is 28.3 Å². The lowest BCUT2D eigenvalue weighted by Crippen LogP contribution is -2.29. The lowest BCUT2D eigenvalue weighted by molar-refractivity contribution is 0.0526. The smallest absolute Gasteiger partial charge is 0.338 e. The van der Waals surface area contributed by atoms with Crippen LogP contribution in [0.4, 0.5) is 0 Å². The molecule has 3 N–H and O–H groups in total. The molecule has 0 atom stereocenters. The predicted octanol–water partition coefficient (Wildman–Crippen LogP) is 1.28. The average Bonchev–Trinajstić information content (AvgIpc) is 2.36. The first-order valence-corrected chi connectivity index (χ1v) is 7.86. The van der Waals surface area contributed by atoms with E-state index >= 15 is 0 Å². The van der Waals surface area contributed by atoms with Crippen LogP contribution in [-0.4, -0.2) is 34.1 Å². The molecular formula is C11H16BrClN2O4S. The minimum absolute atomic E-state index is 0. The molecule has 0 fully saturated rings. The third-order valence-corrected chi connectivity index (χ3v) is 4.61. The Morgan fingerprint density at radius 2 is 2.10 bits per heavy atom. The minimum atomic E-state index is -3.64. The molecule has 9 heteroatoms. The zero-order valence-corrected chi connectivity index (χ0v) is 14.0. The van der Waals surface area contributed by atoms with Crippen LogP contribution in [-0.2, 0) is 14.8 Å². The molecule has 0 bridgehead atoms. The maximum Gasteiger partial charge on any atom is 0.338 e. The Morgan fingerprint density at radius 1 is 1.45 bits per heavy atom. The Kier molecular flexibility index (Phi) is 8.29. The molecule has 0 spiro atoms. The summed E-state index contributed by atoms with van der Waals surface area (Å²) in [5, 5.41) is 0. The summed E-state index contributed by atoms with van der Waals surface area (Å²) in [5.74, 6) is -0.498. The van der Waals surface area contributed by atoms with Crippen molar-refractivity contribution in [2.45, 2.75) is 11.8 Å². The zero-order valence-electron chi connectivity index (χ0n) is 10.8. The molecule has 0 saturated carbocycles. The van der Waals surface area contributed by atoms with Gasteiger partial charge >= 0.3 is 5.97 Å². The molecule has 114 valence electrons. The topological polar surface area (TPSA) is 98.5 Å². The van der Waals surface area contributed by atoms with E-state index in [2.05, 4.69) is 20.7 Å². The summed E-state index contributed by atoms with van der Waals surface area (Å²) in [6, 6.07) is 4.16. The number of carbonyl (C=O) groups excluding carboxylic acids is 1. The molecule has 0 aromatic heterocycles. The van der Waals surface area contributed by atoms with Crippen LogP contribution in [0.15, 0.2) is 27.6 Å². The van der Waals surface area contributed by atoms with Gasteiger partial charge in [-0.3, -0.25) is 0 Å². The summed E-state index contributed by atoms with van der Waals surface area (Å²) >= 11 is 3.14.